The standard InChI is InChI=1S/C27H27FN4O5/c1-11(29)6-21(33)30-18-5-4-13-12(2)17(28)8-19-22(13)23(18)14-9-32-20(24(14)31-19)7-16-15(25(32)34)10-37-26(35)27(16,3)36/h7-8,11,18,36H,4-6,9-10,29H2,1-3H3,(H,30,33)/t11-,18-,27-/m0/s1. The Hall–Kier alpha value is -3.63. The smallest absolute Gasteiger partial charge is 0.342 e. The van der Waals surface area contributed by atoms with E-state index in [1.54, 1.807) is 24.5 Å². The van der Waals surface area contributed by atoms with Gasteiger partial charge < -0.3 is 25.5 Å². The van der Waals surface area contributed by atoms with Crippen LogP contribution < -0.4 is 16.6 Å². The predicted molar refractivity (Wildman–Crippen MR) is 132 cm³/mol. The van der Waals surface area contributed by atoms with Crippen molar-refractivity contribution in [1.29, 1.82) is 0 Å². The molecule has 3 aliphatic rings. The van der Waals surface area contributed by atoms with Gasteiger partial charge >= 0.3 is 5.97 Å². The van der Waals surface area contributed by atoms with Crippen molar-refractivity contribution in [2.24, 2.45) is 5.73 Å². The van der Waals surface area contributed by atoms with Crippen molar-refractivity contribution in [2.75, 3.05) is 0 Å². The number of carbonyl (C=O) groups excluding carboxylic acids is 2. The summed E-state index contributed by atoms with van der Waals surface area (Å²) in [5.41, 5.74) is 8.18. The quantitative estimate of drug-likeness (QED) is 0.362. The number of aromatic nitrogens is 2. The van der Waals surface area contributed by atoms with Gasteiger partial charge in [-0.2, -0.15) is 0 Å². The van der Waals surface area contributed by atoms with Crippen molar-refractivity contribution in [1.82, 2.24) is 14.9 Å². The number of cyclic esters (lactones) is 1. The highest BCUT2D eigenvalue weighted by molar-refractivity contribution is 5.94. The van der Waals surface area contributed by atoms with Gasteiger partial charge in [0.15, 0.2) is 5.60 Å². The second kappa shape index (κ2) is 7.93. The summed E-state index contributed by atoms with van der Waals surface area (Å²) in [6.45, 7) is 4.76. The molecule has 1 aromatic carbocycles. The zero-order chi connectivity index (χ0) is 26.4. The number of nitrogens with zero attached hydrogens (tertiary/aromatic N) is 2. The molecular weight excluding hydrogens is 479 g/mol. The number of nitrogens with two attached hydrogens (primary N) is 1. The number of fused-ring (bicyclic) bond motifs is 5. The topological polar surface area (TPSA) is 137 Å². The van der Waals surface area contributed by atoms with Gasteiger partial charge in [-0.15, -0.1) is 0 Å². The molecule has 37 heavy (non-hydrogen) atoms. The van der Waals surface area contributed by atoms with Gasteiger partial charge in [-0.25, -0.2) is 14.2 Å². The first-order valence-electron chi connectivity index (χ1n) is 12.4. The van der Waals surface area contributed by atoms with Gasteiger partial charge in [0, 0.05) is 35.0 Å². The van der Waals surface area contributed by atoms with Gasteiger partial charge in [-0.1, -0.05) is 0 Å². The van der Waals surface area contributed by atoms with Gasteiger partial charge in [0.05, 0.1) is 35.1 Å². The molecule has 0 saturated heterocycles. The normalized spacial score (nSPS) is 22.2. The number of nitrogens with one attached hydrogen (secondary N) is 1. The minimum Gasteiger partial charge on any atom is -0.458 e. The number of hydrogen-bond acceptors (Lipinski definition) is 7. The number of esters is 1. The van der Waals surface area contributed by atoms with Crippen molar-refractivity contribution in [3.63, 3.8) is 0 Å². The molecule has 0 spiro atoms. The largest absolute Gasteiger partial charge is 0.458 e. The number of hydrogen-bond donors (Lipinski definition) is 3. The highest BCUT2D eigenvalue weighted by Gasteiger charge is 2.43. The summed E-state index contributed by atoms with van der Waals surface area (Å²) in [6, 6.07) is 2.32. The molecule has 2 aliphatic heterocycles. The first-order valence-corrected chi connectivity index (χ1v) is 12.4. The van der Waals surface area contributed by atoms with Gasteiger partial charge in [0.1, 0.15) is 12.4 Å². The van der Waals surface area contributed by atoms with Crippen LogP contribution in [0.3, 0.4) is 0 Å². The summed E-state index contributed by atoms with van der Waals surface area (Å²) >= 11 is 0. The Kier molecular flexibility index (Phi) is 5.09. The number of benzene rings is 1. The van der Waals surface area contributed by atoms with Crippen LogP contribution in [0, 0.1) is 12.7 Å². The number of aryl methyl sites for hydroxylation is 1. The van der Waals surface area contributed by atoms with E-state index >= 15 is 0 Å². The van der Waals surface area contributed by atoms with Crippen LogP contribution in [0.4, 0.5) is 4.39 Å². The van der Waals surface area contributed by atoms with E-state index in [0.29, 0.717) is 35.3 Å². The number of rotatable bonds is 3. The molecular formula is C27H27FN4O5. The van der Waals surface area contributed by atoms with Crippen molar-refractivity contribution < 1.29 is 23.8 Å². The monoisotopic (exact) mass is 506 g/mol. The zero-order valence-corrected chi connectivity index (χ0v) is 20.8. The molecule has 3 aromatic rings. The molecule has 0 bridgehead atoms. The van der Waals surface area contributed by atoms with Gasteiger partial charge in [-0.05, 0) is 56.4 Å². The third-order valence-electron chi connectivity index (χ3n) is 7.85. The molecule has 0 fully saturated rings. The highest BCUT2D eigenvalue weighted by Crippen LogP contribution is 2.45. The number of halogens is 1. The zero-order valence-electron chi connectivity index (χ0n) is 20.8. The summed E-state index contributed by atoms with van der Waals surface area (Å²) in [6.07, 6.45) is 1.30. The van der Waals surface area contributed by atoms with E-state index in [9.17, 15) is 23.9 Å². The fourth-order valence-electron chi connectivity index (χ4n) is 6.00. The van der Waals surface area contributed by atoms with Gasteiger partial charge in [0.25, 0.3) is 5.56 Å². The molecule has 2 aromatic heterocycles. The minimum atomic E-state index is -1.98. The Balaban J connectivity index is 1.61. The minimum absolute atomic E-state index is 0.164. The van der Waals surface area contributed by atoms with Gasteiger partial charge in [0.2, 0.25) is 5.91 Å². The predicted octanol–water partition coefficient (Wildman–Crippen LogP) is 1.98. The third kappa shape index (κ3) is 3.35. The van der Waals surface area contributed by atoms with Crippen LogP contribution in [0.5, 0.6) is 0 Å². The Morgan fingerprint density at radius 2 is 2.11 bits per heavy atom. The van der Waals surface area contributed by atoms with Crippen LogP contribution in [0.25, 0.3) is 22.3 Å². The lowest BCUT2D eigenvalue weighted by atomic mass is 9.81. The maximum Gasteiger partial charge on any atom is 0.342 e. The Morgan fingerprint density at radius 1 is 1.35 bits per heavy atom. The van der Waals surface area contributed by atoms with E-state index in [0.717, 1.165) is 22.1 Å². The fourth-order valence-corrected chi connectivity index (χ4v) is 6.00. The van der Waals surface area contributed by atoms with Crippen molar-refractivity contribution in [3.8, 4) is 11.4 Å². The van der Waals surface area contributed by atoms with Crippen molar-refractivity contribution >= 4 is 22.8 Å². The van der Waals surface area contributed by atoms with Crippen molar-refractivity contribution in [2.45, 2.75) is 70.9 Å². The number of amides is 1. The van der Waals surface area contributed by atoms with E-state index in [1.807, 2.05) is 0 Å². The summed E-state index contributed by atoms with van der Waals surface area (Å²) in [4.78, 5) is 43.3. The molecule has 6 rings (SSSR count). The summed E-state index contributed by atoms with van der Waals surface area (Å²) in [5, 5.41) is 14.7. The molecule has 192 valence electrons. The molecule has 0 unspecified atom stereocenters. The molecule has 10 heteroatoms. The molecule has 3 atom stereocenters. The van der Waals surface area contributed by atoms with Gasteiger partial charge in [-0.3, -0.25) is 9.59 Å². The third-order valence-corrected chi connectivity index (χ3v) is 7.85. The van der Waals surface area contributed by atoms with Crippen LogP contribution in [-0.2, 0) is 39.5 Å². The Bertz CT molecular complexity index is 1610. The first kappa shape index (κ1) is 23.7. The molecule has 4 heterocycles. The number of ether oxygens (including phenoxy) is 1. The average molecular weight is 507 g/mol. The fraction of sp³-hybridized carbons (Fsp3) is 0.407. The average Bonchev–Trinajstić information content (AvgIpc) is 3.19. The van der Waals surface area contributed by atoms with E-state index in [1.165, 1.54) is 13.0 Å². The lowest BCUT2D eigenvalue weighted by Crippen LogP contribution is -2.42. The van der Waals surface area contributed by atoms with Crippen LogP contribution in [0.15, 0.2) is 16.9 Å². The SMILES string of the molecule is Cc1c(F)cc2nc3c(c4c2c1CC[C@@H]4NC(=O)C[C@H](C)N)Cn1c-3cc2c(c1=O)COC(=O)[C@@]2(C)O. The second-order valence-electron chi connectivity index (χ2n) is 10.5. The molecule has 0 saturated carbocycles. The molecule has 0 radical (unpaired) electrons. The molecule has 9 nitrogen and oxygen atoms in total. The second-order valence-corrected chi connectivity index (χ2v) is 10.5. The van der Waals surface area contributed by atoms with Crippen LogP contribution in [0.1, 0.15) is 66.1 Å². The maximum absolute atomic E-state index is 14.9. The van der Waals surface area contributed by atoms with E-state index in [-0.39, 0.29) is 60.1 Å². The molecule has 1 amide bonds. The lowest BCUT2D eigenvalue weighted by Gasteiger charge is -2.30. The highest BCUT2D eigenvalue weighted by atomic mass is 19.1. The first-order chi connectivity index (χ1) is 17.5. The number of carbonyl (C=O) groups is 2. The lowest BCUT2D eigenvalue weighted by molar-refractivity contribution is -0.169. The van der Waals surface area contributed by atoms with Crippen molar-refractivity contribution in [3.05, 3.63) is 61.7 Å². The van der Waals surface area contributed by atoms with E-state index in [2.05, 4.69) is 5.32 Å². The molecule has 1 aliphatic carbocycles. The Labute approximate surface area is 211 Å². The Morgan fingerprint density at radius 3 is 2.84 bits per heavy atom. The molecule has 4 N–H and O–H groups in total. The van der Waals surface area contributed by atoms with Crippen LogP contribution >= 0.6 is 0 Å². The summed E-state index contributed by atoms with van der Waals surface area (Å²) in [5.74, 6) is -1.38. The summed E-state index contributed by atoms with van der Waals surface area (Å²) < 4.78 is 21.5. The van der Waals surface area contributed by atoms with E-state index < -0.39 is 11.6 Å². The summed E-state index contributed by atoms with van der Waals surface area (Å²) in [7, 11) is 0. The maximum atomic E-state index is 14.9. The number of pyridine rings is 2. The van der Waals surface area contributed by atoms with Crippen LogP contribution in [-0.4, -0.2) is 32.6 Å². The van der Waals surface area contributed by atoms with E-state index in [4.69, 9.17) is 15.5 Å². The number of aliphatic hydroxyl groups is 1. The van der Waals surface area contributed by atoms with Crippen LogP contribution in [0.2, 0.25) is 0 Å².